The van der Waals surface area contributed by atoms with Gasteiger partial charge >= 0.3 is 0 Å². The molecule has 0 fully saturated rings. The molecule has 0 unspecified atom stereocenters. The summed E-state index contributed by atoms with van der Waals surface area (Å²) in [7, 11) is 1.68. The van der Waals surface area contributed by atoms with E-state index in [0.29, 0.717) is 0 Å². The van der Waals surface area contributed by atoms with Gasteiger partial charge in [0.1, 0.15) is 11.8 Å². The monoisotopic (exact) mass is 383 g/mol. The molecular weight excluding hydrogens is 354 g/mol. The molecule has 3 aromatic rings. The molecular formula is C27H29NO. The summed E-state index contributed by atoms with van der Waals surface area (Å²) < 4.78 is 5.25. The maximum atomic E-state index is 5.25. The molecule has 3 rings (SSSR count). The number of aryl methyl sites for hydroxylation is 1. The fraction of sp³-hybridized carbons (Fsp3) is 0.259. The quantitative estimate of drug-likeness (QED) is 0.348. The molecule has 0 heterocycles. The molecule has 0 radical (unpaired) electrons. The average Bonchev–Trinajstić information content (AvgIpc) is 2.79. The van der Waals surface area contributed by atoms with Crippen molar-refractivity contribution in [3.63, 3.8) is 0 Å². The highest BCUT2D eigenvalue weighted by Crippen LogP contribution is 2.21. The van der Waals surface area contributed by atoms with Gasteiger partial charge in [-0.3, -0.25) is 0 Å². The molecule has 29 heavy (non-hydrogen) atoms. The molecule has 3 aromatic carbocycles. The van der Waals surface area contributed by atoms with Gasteiger partial charge in [0.25, 0.3) is 0 Å². The second-order valence-corrected chi connectivity index (χ2v) is 7.14. The van der Waals surface area contributed by atoms with Crippen LogP contribution in [0.1, 0.15) is 48.9 Å². The highest BCUT2D eigenvalue weighted by molar-refractivity contribution is 5.51. The number of hydrogen-bond donors (Lipinski definition) is 1. The highest BCUT2D eigenvalue weighted by atomic mass is 16.5. The molecule has 0 spiro atoms. The summed E-state index contributed by atoms with van der Waals surface area (Å²) >= 11 is 0. The first-order chi connectivity index (χ1) is 14.3. The Hall–Kier alpha value is -3.18. The average molecular weight is 384 g/mol. The van der Waals surface area contributed by atoms with E-state index in [4.69, 9.17) is 4.74 Å². The summed E-state index contributed by atoms with van der Waals surface area (Å²) in [5.74, 6) is 7.60. The van der Waals surface area contributed by atoms with Crippen LogP contribution in [0.3, 0.4) is 0 Å². The second kappa shape index (κ2) is 11.0. The van der Waals surface area contributed by atoms with Crippen molar-refractivity contribution >= 4 is 5.69 Å². The number of unbranched alkanes of at least 4 members (excludes halogenated alkanes) is 2. The Morgan fingerprint density at radius 1 is 0.862 bits per heavy atom. The van der Waals surface area contributed by atoms with E-state index in [2.05, 4.69) is 60.5 Å². The van der Waals surface area contributed by atoms with Gasteiger partial charge < -0.3 is 10.1 Å². The highest BCUT2D eigenvalue weighted by Gasteiger charge is 2.08. The van der Waals surface area contributed by atoms with Gasteiger partial charge in [0.15, 0.2) is 0 Å². The number of anilines is 1. The summed E-state index contributed by atoms with van der Waals surface area (Å²) in [5, 5.41) is 3.53. The van der Waals surface area contributed by atoms with E-state index in [1.54, 1.807) is 7.11 Å². The molecule has 1 atom stereocenters. The molecule has 0 saturated heterocycles. The minimum atomic E-state index is -0.0891. The van der Waals surface area contributed by atoms with Gasteiger partial charge in [-0.25, -0.2) is 0 Å². The van der Waals surface area contributed by atoms with Crippen LogP contribution in [0.15, 0.2) is 78.9 Å². The van der Waals surface area contributed by atoms with E-state index >= 15 is 0 Å². The van der Waals surface area contributed by atoms with E-state index in [1.807, 2.05) is 42.5 Å². The van der Waals surface area contributed by atoms with Gasteiger partial charge in [-0.15, -0.1) is 0 Å². The summed E-state index contributed by atoms with van der Waals surface area (Å²) in [6.45, 7) is 2.24. The van der Waals surface area contributed by atoms with Crippen LogP contribution >= 0.6 is 0 Å². The van der Waals surface area contributed by atoms with Crippen LogP contribution in [-0.4, -0.2) is 7.11 Å². The molecule has 0 bridgehead atoms. The number of benzene rings is 3. The fourth-order valence-electron chi connectivity index (χ4n) is 3.19. The fourth-order valence-corrected chi connectivity index (χ4v) is 3.19. The standard InChI is InChI=1S/C27H29NO/c1-3-4-6-9-22-12-14-23(15-13-22)16-21-27(24-10-7-5-8-11-24)28-25-17-19-26(29-2)20-18-25/h5,7-8,10-15,17-20,27-28H,3-4,6,9H2,1-2H3/t27-/m0/s1. The largest absolute Gasteiger partial charge is 0.497 e. The van der Waals surface area contributed by atoms with Crippen molar-refractivity contribution < 1.29 is 4.74 Å². The van der Waals surface area contributed by atoms with Crippen LogP contribution in [0.5, 0.6) is 5.75 Å². The first kappa shape index (κ1) is 20.6. The Morgan fingerprint density at radius 3 is 2.24 bits per heavy atom. The number of hydrogen-bond acceptors (Lipinski definition) is 2. The predicted molar refractivity (Wildman–Crippen MR) is 122 cm³/mol. The Kier molecular flexibility index (Phi) is 7.78. The number of ether oxygens (including phenoxy) is 1. The van der Waals surface area contributed by atoms with Crippen molar-refractivity contribution in [2.75, 3.05) is 12.4 Å². The Bertz CT molecular complexity index is 918. The number of methoxy groups -OCH3 is 1. The lowest BCUT2D eigenvalue weighted by molar-refractivity contribution is 0.415. The van der Waals surface area contributed by atoms with Crippen molar-refractivity contribution in [1.82, 2.24) is 0 Å². The zero-order valence-corrected chi connectivity index (χ0v) is 17.3. The topological polar surface area (TPSA) is 21.3 Å². The third kappa shape index (κ3) is 6.43. The molecule has 0 aliphatic carbocycles. The Labute approximate surface area is 174 Å². The molecule has 0 saturated carbocycles. The van der Waals surface area contributed by atoms with E-state index in [1.165, 1.54) is 24.8 Å². The molecule has 148 valence electrons. The van der Waals surface area contributed by atoms with Gasteiger partial charge in [0, 0.05) is 11.3 Å². The van der Waals surface area contributed by atoms with Crippen molar-refractivity contribution in [1.29, 1.82) is 0 Å². The Morgan fingerprint density at radius 2 is 1.59 bits per heavy atom. The van der Waals surface area contributed by atoms with E-state index in [-0.39, 0.29) is 6.04 Å². The van der Waals surface area contributed by atoms with E-state index in [9.17, 15) is 0 Å². The van der Waals surface area contributed by atoms with Gasteiger partial charge in [-0.05, 0) is 60.4 Å². The molecule has 2 nitrogen and oxygen atoms in total. The lowest BCUT2D eigenvalue weighted by Gasteiger charge is -2.15. The Balaban J connectivity index is 1.75. The maximum Gasteiger partial charge on any atom is 0.119 e. The number of rotatable bonds is 8. The van der Waals surface area contributed by atoms with Gasteiger partial charge in [-0.1, -0.05) is 74.1 Å². The van der Waals surface area contributed by atoms with Crippen LogP contribution in [0.4, 0.5) is 5.69 Å². The van der Waals surface area contributed by atoms with Crippen molar-refractivity contribution in [2.45, 2.75) is 38.6 Å². The van der Waals surface area contributed by atoms with Crippen molar-refractivity contribution in [2.24, 2.45) is 0 Å². The summed E-state index contributed by atoms with van der Waals surface area (Å²) in [4.78, 5) is 0. The van der Waals surface area contributed by atoms with E-state index in [0.717, 1.165) is 29.0 Å². The van der Waals surface area contributed by atoms with Crippen molar-refractivity contribution in [3.05, 3.63) is 95.6 Å². The van der Waals surface area contributed by atoms with Gasteiger partial charge in [0.2, 0.25) is 0 Å². The molecule has 0 aromatic heterocycles. The molecule has 0 aliphatic heterocycles. The van der Waals surface area contributed by atoms with Gasteiger partial charge in [-0.2, -0.15) is 0 Å². The summed E-state index contributed by atoms with van der Waals surface area (Å²) in [6, 6.07) is 26.8. The zero-order chi connectivity index (χ0) is 20.3. The lowest BCUT2D eigenvalue weighted by Crippen LogP contribution is -2.08. The molecule has 0 amide bonds. The maximum absolute atomic E-state index is 5.25. The van der Waals surface area contributed by atoms with Gasteiger partial charge in [0.05, 0.1) is 7.11 Å². The van der Waals surface area contributed by atoms with Crippen LogP contribution in [0.25, 0.3) is 0 Å². The predicted octanol–water partition coefficient (Wildman–Crippen LogP) is 6.63. The smallest absolute Gasteiger partial charge is 0.119 e. The minimum Gasteiger partial charge on any atom is -0.497 e. The van der Waals surface area contributed by atoms with Crippen molar-refractivity contribution in [3.8, 4) is 17.6 Å². The third-order valence-corrected chi connectivity index (χ3v) is 4.92. The molecule has 1 N–H and O–H groups in total. The second-order valence-electron chi connectivity index (χ2n) is 7.14. The lowest BCUT2D eigenvalue weighted by atomic mass is 10.0. The number of nitrogens with one attached hydrogen (secondary N) is 1. The first-order valence-corrected chi connectivity index (χ1v) is 10.3. The van der Waals surface area contributed by atoms with Crippen LogP contribution in [0.2, 0.25) is 0 Å². The van der Waals surface area contributed by atoms with Crippen LogP contribution < -0.4 is 10.1 Å². The zero-order valence-electron chi connectivity index (χ0n) is 17.3. The van der Waals surface area contributed by atoms with E-state index < -0.39 is 0 Å². The first-order valence-electron chi connectivity index (χ1n) is 10.3. The molecule has 0 aliphatic rings. The van der Waals surface area contributed by atoms with Crippen LogP contribution in [0, 0.1) is 11.8 Å². The summed E-state index contributed by atoms with van der Waals surface area (Å²) in [5.41, 5.74) is 4.59. The summed E-state index contributed by atoms with van der Waals surface area (Å²) in [6.07, 6.45) is 4.94. The molecule has 2 heteroatoms. The van der Waals surface area contributed by atoms with Crippen LogP contribution in [-0.2, 0) is 6.42 Å². The SMILES string of the molecule is CCCCCc1ccc(C#C[C@H](Nc2ccc(OC)cc2)c2ccccc2)cc1. The third-order valence-electron chi connectivity index (χ3n) is 4.92. The normalized spacial score (nSPS) is 11.2. The minimum absolute atomic E-state index is 0.0891.